The number of hydrogen-bond donors (Lipinski definition) is 2. The molecule has 1 aliphatic heterocycles. The zero-order chi connectivity index (χ0) is 27.0. The lowest BCUT2D eigenvalue weighted by Crippen LogP contribution is -2.38. The number of aryl methyl sites for hydroxylation is 1. The summed E-state index contributed by atoms with van der Waals surface area (Å²) in [5.41, 5.74) is 3.89. The minimum Gasteiger partial charge on any atom is -0.478 e. The van der Waals surface area contributed by atoms with Crippen LogP contribution in [0.25, 0.3) is 16.5 Å². The Labute approximate surface area is 222 Å². The molecule has 1 atom stereocenters. The van der Waals surface area contributed by atoms with Gasteiger partial charge in [-0.15, -0.1) is 0 Å². The van der Waals surface area contributed by atoms with Gasteiger partial charge in [0.15, 0.2) is 0 Å². The molecule has 1 fully saturated rings. The van der Waals surface area contributed by atoms with Crippen molar-refractivity contribution >= 4 is 34.0 Å². The highest BCUT2D eigenvalue weighted by molar-refractivity contribution is 5.94. The maximum Gasteiger partial charge on any atom is 0.337 e. The summed E-state index contributed by atoms with van der Waals surface area (Å²) in [6.07, 6.45) is 6.90. The van der Waals surface area contributed by atoms with E-state index in [2.05, 4.69) is 5.32 Å². The monoisotopic (exact) mass is 514 g/mol. The van der Waals surface area contributed by atoms with E-state index in [-0.39, 0.29) is 29.0 Å². The summed E-state index contributed by atoms with van der Waals surface area (Å²) >= 11 is 0. The van der Waals surface area contributed by atoms with E-state index in [1.807, 2.05) is 37.0 Å². The van der Waals surface area contributed by atoms with Gasteiger partial charge in [-0.2, -0.15) is 0 Å². The number of nitrogens with zero attached hydrogens (tertiary/aromatic N) is 3. The lowest BCUT2D eigenvalue weighted by Gasteiger charge is -2.29. The first-order chi connectivity index (χ1) is 18.2. The molecule has 1 aliphatic carbocycles. The molecule has 8 heteroatoms. The van der Waals surface area contributed by atoms with Crippen LogP contribution < -0.4 is 10.9 Å². The molecule has 2 aliphatic rings. The van der Waals surface area contributed by atoms with Crippen LogP contribution in [0.1, 0.15) is 72.4 Å². The van der Waals surface area contributed by atoms with Crippen LogP contribution in [-0.2, 0) is 11.8 Å². The molecule has 8 nitrogen and oxygen atoms in total. The predicted octanol–water partition coefficient (Wildman–Crippen LogP) is 4.92. The van der Waals surface area contributed by atoms with Crippen molar-refractivity contribution in [2.75, 3.05) is 18.4 Å². The third-order valence-corrected chi connectivity index (χ3v) is 7.86. The second-order valence-corrected chi connectivity index (χ2v) is 10.5. The first kappa shape index (κ1) is 25.7. The number of carbonyl (C=O) groups excluding carboxylic acids is 1. The molecule has 0 saturated heterocycles. The third kappa shape index (κ3) is 4.83. The average molecular weight is 515 g/mol. The van der Waals surface area contributed by atoms with Crippen LogP contribution >= 0.6 is 0 Å². The molecule has 1 aromatic heterocycles. The third-order valence-electron chi connectivity index (χ3n) is 7.86. The van der Waals surface area contributed by atoms with Crippen molar-refractivity contribution < 1.29 is 14.7 Å². The summed E-state index contributed by atoms with van der Waals surface area (Å²) in [5, 5.41) is 13.4. The van der Waals surface area contributed by atoms with E-state index in [1.165, 1.54) is 0 Å². The van der Waals surface area contributed by atoms with Crippen molar-refractivity contribution in [1.82, 2.24) is 14.5 Å². The van der Waals surface area contributed by atoms with Gasteiger partial charge in [0, 0.05) is 37.3 Å². The molecule has 0 bridgehead atoms. The molecule has 5 rings (SSSR count). The van der Waals surface area contributed by atoms with Crippen molar-refractivity contribution in [3.05, 3.63) is 75.3 Å². The molecule has 2 aromatic carbocycles. The van der Waals surface area contributed by atoms with Gasteiger partial charge in [0.05, 0.1) is 22.5 Å². The minimum absolute atomic E-state index is 0.126. The number of aromatic carboxylic acids is 1. The fourth-order valence-electron chi connectivity index (χ4n) is 5.78. The number of rotatable bonds is 6. The van der Waals surface area contributed by atoms with E-state index in [0.717, 1.165) is 42.4 Å². The Morgan fingerprint density at radius 1 is 1.16 bits per heavy atom. The van der Waals surface area contributed by atoms with Gasteiger partial charge < -0.3 is 15.3 Å². The van der Waals surface area contributed by atoms with Crippen LogP contribution in [0.3, 0.4) is 0 Å². The maximum atomic E-state index is 13.5. The van der Waals surface area contributed by atoms with Gasteiger partial charge in [0.2, 0.25) is 5.91 Å². The Morgan fingerprint density at radius 2 is 1.89 bits per heavy atom. The first-order valence-corrected chi connectivity index (χ1v) is 13.3. The van der Waals surface area contributed by atoms with Crippen LogP contribution in [0, 0.1) is 12.8 Å². The van der Waals surface area contributed by atoms with Crippen LogP contribution in [0.2, 0.25) is 0 Å². The maximum absolute atomic E-state index is 13.5. The number of carboxylic acid groups (broad SMARTS) is 1. The van der Waals surface area contributed by atoms with Gasteiger partial charge >= 0.3 is 5.97 Å². The summed E-state index contributed by atoms with van der Waals surface area (Å²) in [5.74, 6) is 0.00341. The fourth-order valence-corrected chi connectivity index (χ4v) is 5.78. The van der Waals surface area contributed by atoms with E-state index >= 15 is 0 Å². The number of carboxylic acids is 1. The van der Waals surface area contributed by atoms with Gasteiger partial charge in [-0.05, 0) is 62.4 Å². The zero-order valence-corrected chi connectivity index (χ0v) is 22.2. The van der Waals surface area contributed by atoms with Gasteiger partial charge in [-0.25, -0.2) is 9.78 Å². The normalized spacial score (nSPS) is 16.9. The second kappa shape index (κ2) is 10.4. The summed E-state index contributed by atoms with van der Waals surface area (Å²) in [4.78, 5) is 45.0. The highest BCUT2D eigenvalue weighted by atomic mass is 16.4. The number of benzene rings is 2. The Bertz CT molecular complexity index is 1500. The number of carbonyl (C=O) groups is 2. The van der Waals surface area contributed by atoms with E-state index in [9.17, 15) is 19.5 Å². The molecular formula is C30H34N4O4. The van der Waals surface area contributed by atoms with Crippen molar-refractivity contribution in [2.24, 2.45) is 13.0 Å². The molecule has 1 amide bonds. The average Bonchev–Trinajstić information content (AvgIpc) is 3.45. The van der Waals surface area contributed by atoms with Crippen LogP contribution in [0.4, 0.5) is 5.69 Å². The van der Waals surface area contributed by atoms with Gasteiger partial charge in [-0.3, -0.25) is 14.2 Å². The Kier molecular flexibility index (Phi) is 7.06. The van der Waals surface area contributed by atoms with Crippen molar-refractivity contribution in [1.29, 1.82) is 0 Å². The molecular weight excluding hydrogens is 480 g/mol. The number of fused-ring (bicyclic) bond motifs is 1. The Balaban J connectivity index is 1.50. The molecule has 2 heterocycles. The lowest BCUT2D eigenvalue weighted by molar-refractivity contribution is -0.134. The molecule has 0 unspecified atom stereocenters. The van der Waals surface area contributed by atoms with E-state index in [4.69, 9.17) is 4.98 Å². The van der Waals surface area contributed by atoms with Crippen molar-refractivity contribution in [3.8, 4) is 0 Å². The highest BCUT2D eigenvalue weighted by Gasteiger charge is 2.29. The molecule has 3 aromatic rings. The topological polar surface area (TPSA) is 105 Å². The molecule has 38 heavy (non-hydrogen) atoms. The van der Waals surface area contributed by atoms with Crippen LogP contribution in [0.5, 0.6) is 0 Å². The zero-order valence-electron chi connectivity index (χ0n) is 22.2. The Morgan fingerprint density at radius 3 is 2.58 bits per heavy atom. The van der Waals surface area contributed by atoms with E-state index in [1.54, 1.807) is 35.9 Å². The number of nitrogens with one attached hydrogen (secondary N) is 1. The minimum atomic E-state index is -1.01. The predicted molar refractivity (Wildman–Crippen MR) is 148 cm³/mol. The quantitative estimate of drug-likeness (QED) is 0.484. The SMILES string of the molecule is Cc1cc([C@@H](C)Nc2ccccc2C(=O)O)c2nc(C3=CCN(C(=O)C4CCCC4)CC3)n(C)c(=O)c2c1. The Hall–Kier alpha value is -3.94. The second-order valence-electron chi connectivity index (χ2n) is 10.5. The van der Waals surface area contributed by atoms with Crippen molar-refractivity contribution in [3.63, 3.8) is 0 Å². The summed E-state index contributed by atoms with van der Waals surface area (Å²) in [6.45, 7) is 5.04. The number of aromatic nitrogens is 2. The molecule has 0 spiro atoms. The summed E-state index contributed by atoms with van der Waals surface area (Å²) < 4.78 is 1.60. The summed E-state index contributed by atoms with van der Waals surface area (Å²) in [6, 6.07) is 10.3. The molecule has 1 saturated carbocycles. The first-order valence-electron chi connectivity index (χ1n) is 13.3. The standard InChI is InChI=1S/C30H34N4O4/c1-18-16-23(19(2)31-25-11-7-6-10-22(25)30(37)38)26-24(17-18)29(36)33(3)27(32-26)20-12-14-34(15-13-20)28(35)21-8-4-5-9-21/h6-7,10-12,16-17,19,21,31H,4-5,8-9,13-15H2,1-3H3,(H,37,38)/t19-/m1/s1. The van der Waals surface area contributed by atoms with Gasteiger partial charge in [0.1, 0.15) is 5.82 Å². The van der Waals surface area contributed by atoms with Crippen LogP contribution in [0.15, 0.2) is 47.3 Å². The van der Waals surface area contributed by atoms with Crippen molar-refractivity contribution in [2.45, 2.75) is 52.0 Å². The highest BCUT2D eigenvalue weighted by Crippen LogP contribution is 2.31. The van der Waals surface area contributed by atoms with Gasteiger partial charge in [0.25, 0.3) is 5.56 Å². The largest absolute Gasteiger partial charge is 0.478 e. The number of anilines is 1. The molecule has 198 valence electrons. The fraction of sp³-hybridized carbons (Fsp3) is 0.400. The smallest absolute Gasteiger partial charge is 0.337 e. The van der Waals surface area contributed by atoms with Crippen LogP contribution in [-0.4, -0.2) is 44.5 Å². The number of hydrogen-bond acceptors (Lipinski definition) is 5. The molecule has 2 N–H and O–H groups in total. The number of para-hydroxylation sites is 1. The number of amides is 1. The van der Waals surface area contributed by atoms with Gasteiger partial charge in [-0.1, -0.05) is 37.1 Å². The van der Waals surface area contributed by atoms with E-state index in [0.29, 0.717) is 41.9 Å². The summed E-state index contributed by atoms with van der Waals surface area (Å²) in [7, 11) is 1.74. The lowest BCUT2D eigenvalue weighted by atomic mass is 9.99. The van der Waals surface area contributed by atoms with E-state index < -0.39 is 5.97 Å². The molecule has 0 radical (unpaired) electrons.